The van der Waals surface area contributed by atoms with Crippen LogP contribution in [0.25, 0.3) is 0 Å². The van der Waals surface area contributed by atoms with E-state index in [0.717, 1.165) is 36.0 Å². The molecule has 0 aliphatic rings. The topological polar surface area (TPSA) is 21.3 Å². The summed E-state index contributed by atoms with van der Waals surface area (Å²) in [7, 11) is 1.99. The molecule has 0 fully saturated rings. The van der Waals surface area contributed by atoms with Gasteiger partial charge in [-0.1, -0.05) is 37.1 Å². The lowest BCUT2D eigenvalue weighted by atomic mass is 10.0. The van der Waals surface area contributed by atoms with Crippen LogP contribution < -0.4 is 10.1 Å². The maximum absolute atomic E-state index is 6.00. The van der Waals surface area contributed by atoms with E-state index in [1.54, 1.807) is 11.3 Å². The molecule has 0 bridgehead atoms. The highest BCUT2D eigenvalue weighted by Gasteiger charge is 2.11. The molecule has 1 aromatic carbocycles. The van der Waals surface area contributed by atoms with Crippen molar-refractivity contribution in [2.24, 2.45) is 0 Å². The SMILES string of the molecule is CCCCOc1ccc(C(Cc2ccc(Cl)s2)NC)cc1. The molecule has 0 saturated heterocycles. The number of halogens is 1. The standard InChI is InChI=1S/C17H22ClNOS/c1-3-4-11-20-14-7-5-13(6-8-14)16(19-2)12-15-9-10-17(18)21-15/h5-10,16,19H,3-4,11-12H2,1-2H3. The molecular formula is C17H22ClNOS. The van der Waals surface area contributed by atoms with Crippen LogP contribution in [0.4, 0.5) is 0 Å². The largest absolute Gasteiger partial charge is 0.494 e. The number of unbranched alkanes of at least 4 members (excludes halogenated alkanes) is 1. The zero-order valence-electron chi connectivity index (χ0n) is 12.6. The third-order valence-corrected chi connectivity index (χ3v) is 4.69. The molecule has 114 valence electrons. The van der Waals surface area contributed by atoms with Gasteiger partial charge in [-0.2, -0.15) is 0 Å². The molecule has 1 aromatic heterocycles. The second-order valence-corrected chi connectivity index (χ2v) is 6.82. The van der Waals surface area contributed by atoms with E-state index in [4.69, 9.17) is 16.3 Å². The molecule has 1 N–H and O–H groups in total. The number of rotatable bonds is 8. The fraction of sp³-hybridized carbons (Fsp3) is 0.412. The van der Waals surface area contributed by atoms with Gasteiger partial charge in [-0.15, -0.1) is 11.3 Å². The predicted octanol–water partition coefficient (Wildman–Crippen LogP) is 5.08. The monoisotopic (exact) mass is 323 g/mol. The Kier molecular flexibility index (Phi) is 6.55. The summed E-state index contributed by atoms with van der Waals surface area (Å²) in [6, 6.07) is 12.7. The molecule has 0 aliphatic carbocycles. The molecule has 2 nitrogen and oxygen atoms in total. The van der Waals surface area contributed by atoms with Crippen LogP contribution >= 0.6 is 22.9 Å². The minimum Gasteiger partial charge on any atom is -0.494 e. The maximum Gasteiger partial charge on any atom is 0.119 e. The fourth-order valence-corrected chi connectivity index (χ4v) is 3.31. The van der Waals surface area contributed by atoms with Gasteiger partial charge in [0.15, 0.2) is 0 Å². The molecule has 0 aliphatic heterocycles. The number of nitrogens with one attached hydrogen (secondary N) is 1. The van der Waals surface area contributed by atoms with Gasteiger partial charge in [0.25, 0.3) is 0 Å². The number of hydrogen-bond acceptors (Lipinski definition) is 3. The maximum atomic E-state index is 6.00. The predicted molar refractivity (Wildman–Crippen MR) is 91.7 cm³/mol. The van der Waals surface area contributed by atoms with E-state index in [1.165, 1.54) is 10.4 Å². The molecule has 0 amide bonds. The molecule has 1 unspecified atom stereocenters. The first-order valence-electron chi connectivity index (χ1n) is 7.37. The lowest BCUT2D eigenvalue weighted by Crippen LogP contribution is -2.18. The molecule has 0 radical (unpaired) electrons. The zero-order valence-corrected chi connectivity index (χ0v) is 14.1. The van der Waals surface area contributed by atoms with Crippen molar-refractivity contribution in [2.45, 2.75) is 32.2 Å². The van der Waals surface area contributed by atoms with Crippen molar-refractivity contribution in [3.05, 3.63) is 51.2 Å². The zero-order chi connectivity index (χ0) is 15.1. The average molecular weight is 324 g/mol. The molecule has 21 heavy (non-hydrogen) atoms. The minimum absolute atomic E-state index is 0.296. The number of thiophene rings is 1. The summed E-state index contributed by atoms with van der Waals surface area (Å²) in [5.41, 5.74) is 1.27. The number of ether oxygens (including phenoxy) is 1. The first-order chi connectivity index (χ1) is 10.2. The first-order valence-corrected chi connectivity index (χ1v) is 8.56. The van der Waals surface area contributed by atoms with Gasteiger partial charge < -0.3 is 10.1 Å². The Morgan fingerprint density at radius 2 is 1.95 bits per heavy atom. The van der Waals surface area contributed by atoms with Gasteiger partial charge in [-0.3, -0.25) is 0 Å². The van der Waals surface area contributed by atoms with Crippen molar-refractivity contribution in [2.75, 3.05) is 13.7 Å². The molecule has 0 spiro atoms. The third kappa shape index (κ3) is 5.03. The van der Waals surface area contributed by atoms with Crippen LogP contribution in [-0.4, -0.2) is 13.7 Å². The average Bonchev–Trinajstić information content (AvgIpc) is 2.91. The summed E-state index contributed by atoms with van der Waals surface area (Å²) < 4.78 is 6.55. The molecule has 2 rings (SSSR count). The Balaban J connectivity index is 1.98. The molecule has 2 aromatic rings. The normalized spacial score (nSPS) is 12.3. The fourth-order valence-electron chi connectivity index (χ4n) is 2.18. The van der Waals surface area contributed by atoms with E-state index in [0.29, 0.717) is 6.04 Å². The Morgan fingerprint density at radius 3 is 2.52 bits per heavy atom. The Hall–Kier alpha value is -1.03. The van der Waals surface area contributed by atoms with E-state index >= 15 is 0 Å². The second kappa shape index (κ2) is 8.42. The molecule has 0 saturated carbocycles. The summed E-state index contributed by atoms with van der Waals surface area (Å²) in [5, 5.41) is 3.37. The van der Waals surface area contributed by atoms with Gasteiger partial charge in [0.1, 0.15) is 5.75 Å². The van der Waals surface area contributed by atoms with Crippen LogP contribution in [0.15, 0.2) is 36.4 Å². The van der Waals surface area contributed by atoms with E-state index < -0.39 is 0 Å². The first kappa shape index (κ1) is 16.3. The molecule has 4 heteroatoms. The summed E-state index contributed by atoms with van der Waals surface area (Å²) in [5.74, 6) is 0.946. The van der Waals surface area contributed by atoms with E-state index in [-0.39, 0.29) is 0 Å². The van der Waals surface area contributed by atoms with Gasteiger partial charge in [-0.05, 0) is 43.3 Å². The van der Waals surface area contributed by atoms with Crippen LogP contribution in [0, 0.1) is 0 Å². The Labute approximate surface area is 136 Å². The van der Waals surface area contributed by atoms with Gasteiger partial charge in [0.05, 0.1) is 10.9 Å². The van der Waals surface area contributed by atoms with Gasteiger partial charge in [0, 0.05) is 17.3 Å². The highest BCUT2D eigenvalue weighted by atomic mass is 35.5. The summed E-state index contributed by atoms with van der Waals surface area (Å²) in [6.07, 6.45) is 3.20. The number of hydrogen-bond donors (Lipinski definition) is 1. The van der Waals surface area contributed by atoms with E-state index in [2.05, 4.69) is 42.6 Å². The highest BCUT2D eigenvalue weighted by molar-refractivity contribution is 7.16. The van der Waals surface area contributed by atoms with Gasteiger partial charge in [-0.25, -0.2) is 0 Å². The van der Waals surface area contributed by atoms with Crippen molar-refractivity contribution in [1.29, 1.82) is 0 Å². The van der Waals surface area contributed by atoms with Crippen LogP contribution in [-0.2, 0) is 6.42 Å². The molecule has 1 atom stereocenters. The summed E-state index contributed by atoms with van der Waals surface area (Å²) in [4.78, 5) is 1.29. The van der Waals surface area contributed by atoms with Crippen LogP contribution in [0.3, 0.4) is 0 Å². The molecular weight excluding hydrogens is 302 g/mol. The van der Waals surface area contributed by atoms with Crippen molar-refractivity contribution in [1.82, 2.24) is 5.32 Å². The highest BCUT2D eigenvalue weighted by Crippen LogP contribution is 2.27. The Morgan fingerprint density at radius 1 is 1.19 bits per heavy atom. The van der Waals surface area contributed by atoms with Gasteiger partial charge >= 0.3 is 0 Å². The second-order valence-electron chi connectivity index (χ2n) is 5.02. The van der Waals surface area contributed by atoms with Crippen LogP contribution in [0.5, 0.6) is 5.75 Å². The van der Waals surface area contributed by atoms with Crippen molar-refractivity contribution >= 4 is 22.9 Å². The van der Waals surface area contributed by atoms with Crippen LogP contribution in [0.1, 0.15) is 36.2 Å². The minimum atomic E-state index is 0.296. The lowest BCUT2D eigenvalue weighted by Gasteiger charge is -2.16. The van der Waals surface area contributed by atoms with E-state index in [1.807, 2.05) is 13.1 Å². The third-order valence-electron chi connectivity index (χ3n) is 3.43. The van der Waals surface area contributed by atoms with Crippen molar-refractivity contribution in [3.8, 4) is 5.75 Å². The number of benzene rings is 1. The number of likely N-dealkylation sites (N-methyl/N-ethyl adjacent to an activating group) is 1. The summed E-state index contributed by atoms with van der Waals surface area (Å²) in [6.45, 7) is 2.96. The Bertz CT molecular complexity index is 538. The molecule has 1 heterocycles. The smallest absolute Gasteiger partial charge is 0.119 e. The summed E-state index contributed by atoms with van der Waals surface area (Å²) >= 11 is 7.64. The van der Waals surface area contributed by atoms with Crippen LogP contribution in [0.2, 0.25) is 4.34 Å². The van der Waals surface area contributed by atoms with Gasteiger partial charge in [0.2, 0.25) is 0 Å². The van der Waals surface area contributed by atoms with Crippen molar-refractivity contribution in [3.63, 3.8) is 0 Å². The quantitative estimate of drug-likeness (QED) is 0.684. The van der Waals surface area contributed by atoms with E-state index in [9.17, 15) is 0 Å². The lowest BCUT2D eigenvalue weighted by molar-refractivity contribution is 0.309. The van der Waals surface area contributed by atoms with Crippen molar-refractivity contribution < 1.29 is 4.74 Å².